The SMILES string of the molecule is CCOc1ccc(S(=O)(=O)Nc2ccc(C(=O)N/N=C/c3ccc(F)c(F)c3)cc2)cc1. The molecule has 166 valence electrons. The Kier molecular flexibility index (Phi) is 7.16. The van der Waals surface area contributed by atoms with Crippen molar-refractivity contribution >= 4 is 27.8 Å². The van der Waals surface area contributed by atoms with Crippen LogP contribution >= 0.6 is 0 Å². The molecule has 0 atom stereocenters. The standard InChI is InChI=1S/C22H19F2N3O4S/c1-2-31-18-8-10-19(11-9-18)32(29,30)27-17-6-4-16(5-7-17)22(28)26-25-14-15-3-12-20(23)21(24)13-15/h3-14,27H,2H2,1H3,(H,26,28)/b25-14+. The predicted octanol–water partition coefficient (Wildman–Crippen LogP) is 3.93. The maximum atomic E-state index is 13.2. The van der Waals surface area contributed by atoms with Crippen molar-refractivity contribution < 1.29 is 26.7 Å². The van der Waals surface area contributed by atoms with Gasteiger partial charge in [0.1, 0.15) is 5.75 Å². The molecule has 0 spiro atoms. The van der Waals surface area contributed by atoms with Gasteiger partial charge in [0.15, 0.2) is 11.6 Å². The van der Waals surface area contributed by atoms with E-state index in [1.54, 1.807) is 12.1 Å². The highest BCUT2D eigenvalue weighted by atomic mass is 32.2. The Hall–Kier alpha value is -3.79. The number of hydrogen-bond acceptors (Lipinski definition) is 5. The molecule has 3 rings (SSSR count). The first-order valence-electron chi connectivity index (χ1n) is 9.42. The first-order valence-corrected chi connectivity index (χ1v) is 10.9. The van der Waals surface area contributed by atoms with E-state index in [0.717, 1.165) is 12.1 Å². The number of carbonyl (C=O) groups is 1. The van der Waals surface area contributed by atoms with Gasteiger partial charge in [-0.3, -0.25) is 9.52 Å². The second-order valence-corrected chi connectivity index (χ2v) is 8.14. The summed E-state index contributed by atoms with van der Waals surface area (Å²) in [6, 6.07) is 14.9. The number of sulfonamides is 1. The van der Waals surface area contributed by atoms with Gasteiger partial charge in [0.05, 0.1) is 17.7 Å². The summed E-state index contributed by atoms with van der Waals surface area (Å²) in [6.07, 6.45) is 1.17. The highest BCUT2D eigenvalue weighted by Gasteiger charge is 2.15. The van der Waals surface area contributed by atoms with Gasteiger partial charge in [-0.2, -0.15) is 5.10 Å². The molecule has 0 saturated carbocycles. The van der Waals surface area contributed by atoms with Crippen LogP contribution in [0.3, 0.4) is 0 Å². The summed E-state index contributed by atoms with van der Waals surface area (Å²) in [7, 11) is -3.82. The molecule has 0 fully saturated rings. The van der Waals surface area contributed by atoms with Crippen LogP contribution in [0.1, 0.15) is 22.8 Å². The molecule has 32 heavy (non-hydrogen) atoms. The fourth-order valence-corrected chi connectivity index (χ4v) is 3.67. The van der Waals surface area contributed by atoms with Crippen LogP contribution in [0.15, 0.2) is 76.7 Å². The summed E-state index contributed by atoms with van der Waals surface area (Å²) < 4.78 is 58.8. The Morgan fingerprint density at radius 2 is 1.69 bits per heavy atom. The zero-order chi connectivity index (χ0) is 23.1. The molecule has 0 aliphatic heterocycles. The smallest absolute Gasteiger partial charge is 0.271 e. The lowest BCUT2D eigenvalue weighted by atomic mass is 10.2. The Labute approximate surface area is 183 Å². The summed E-state index contributed by atoms with van der Waals surface area (Å²) in [5.74, 6) is -2.01. The second-order valence-electron chi connectivity index (χ2n) is 6.46. The maximum Gasteiger partial charge on any atom is 0.271 e. The van der Waals surface area contributed by atoms with Crippen LogP contribution in [-0.4, -0.2) is 27.1 Å². The van der Waals surface area contributed by atoms with Crippen LogP contribution in [0, 0.1) is 11.6 Å². The molecule has 2 N–H and O–H groups in total. The normalized spacial score (nSPS) is 11.3. The molecule has 10 heteroatoms. The third-order valence-electron chi connectivity index (χ3n) is 4.17. The molecule has 3 aromatic rings. The summed E-state index contributed by atoms with van der Waals surface area (Å²) in [5, 5.41) is 3.70. The van der Waals surface area contributed by atoms with Gasteiger partial charge in [-0.15, -0.1) is 0 Å². The van der Waals surface area contributed by atoms with Crippen LogP contribution in [0.2, 0.25) is 0 Å². The van der Waals surface area contributed by atoms with Gasteiger partial charge >= 0.3 is 0 Å². The first-order chi connectivity index (χ1) is 15.3. The lowest BCUT2D eigenvalue weighted by Crippen LogP contribution is -2.18. The van der Waals surface area contributed by atoms with Gasteiger partial charge in [0, 0.05) is 11.3 Å². The van der Waals surface area contributed by atoms with Gasteiger partial charge in [0.25, 0.3) is 15.9 Å². The van der Waals surface area contributed by atoms with E-state index in [1.165, 1.54) is 48.7 Å². The number of ether oxygens (including phenoxy) is 1. The maximum absolute atomic E-state index is 13.2. The zero-order valence-corrected chi connectivity index (χ0v) is 17.7. The molecule has 0 bridgehead atoms. The number of nitrogens with zero attached hydrogens (tertiary/aromatic N) is 1. The fourth-order valence-electron chi connectivity index (χ4n) is 2.61. The summed E-state index contributed by atoms with van der Waals surface area (Å²) in [6.45, 7) is 2.30. The predicted molar refractivity (Wildman–Crippen MR) is 116 cm³/mol. The van der Waals surface area contributed by atoms with Gasteiger partial charge in [-0.1, -0.05) is 6.07 Å². The molecule has 1 amide bonds. The Bertz CT molecular complexity index is 1230. The van der Waals surface area contributed by atoms with Gasteiger partial charge in [-0.05, 0) is 73.2 Å². The summed E-state index contributed by atoms with van der Waals surface area (Å²) >= 11 is 0. The zero-order valence-electron chi connectivity index (χ0n) is 16.9. The third-order valence-corrected chi connectivity index (χ3v) is 5.56. The lowest BCUT2D eigenvalue weighted by molar-refractivity contribution is 0.0955. The van der Waals surface area contributed by atoms with Crippen LogP contribution in [0.4, 0.5) is 14.5 Å². The molecule has 0 aromatic heterocycles. The first kappa shape index (κ1) is 22.9. The summed E-state index contributed by atoms with van der Waals surface area (Å²) in [5.41, 5.74) is 3.00. The number of halogens is 2. The van der Waals surface area contributed by atoms with E-state index in [1.807, 2.05) is 6.92 Å². The molecule has 0 heterocycles. The van der Waals surface area contributed by atoms with E-state index < -0.39 is 27.6 Å². The number of anilines is 1. The quantitative estimate of drug-likeness (QED) is 0.394. The molecule has 7 nitrogen and oxygen atoms in total. The molecule has 0 radical (unpaired) electrons. The average Bonchev–Trinajstić information content (AvgIpc) is 2.77. The third kappa shape index (κ3) is 5.88. The van der Waals surface area contributed by atoms with Gasteiger partial charge < -0.3 is 4.74 Å². The van der Waals surface area contributed by atoms with Crippen molar-refractivity contribution in [1.82, 2.24) is 5.43 Å². The molecule has 3 aromatic carbocycles. The van der Waals surface area contributed by atoms with E-state index in [0.29, 0.717) is 12.4 Å². The number of rotatable bonds is 8. The highest BCUT2D eigenvalue weighted by molar-refractivity contribution is 7.92. The minimum absolute atomic E-state index is 0.0642. The van der Waals surface area contributed by atoms with E-state index in [9.17, 15) is 22.0 Å². The van der Waals surface area contributed by atoms with Crippen LogP contribution in [0.25, 0.3) is 0 Å². The fraction of sp³-hybridized carbons (Fsp3) is 0.0909. The number of benzene rings is 3. The van der Waals surface area contributed by atoms with Crippen molar-refractivity contribution in [3.8, 4) is 5.75 Å². The van der Waals surface area contributed by atoms with E-state index in [-0.39, 0.29) is 21.7 Å². The number of hydrogen-bond donors (Lipinski definition) is 2. The number of hydrazone groups is 1. The van der Waals surface area contributed by atoms with Crippen LogP contribution < -0.4 is 14.9 Å². The van der Waals surface area contributed by atoms with Crippen LogP contribution in [0.5, 0.6) is 5.75 Å². The largest absolute Gasteiger partial charge is 0.494 e. The van der Waals surface area contributed by atoms with Crippen LogP contribution in [-0.2, 0) is 10.0 Å². The molecule has 0 aliphatic carbocycles. The van der Waals surface area contributed by atoms with Crippen molar-refractivity contribution in [2.75, 3.05) is 11.3 Å². The molecule has 0 unspecified atom stereocenters. The minimum atomic E-state index is -3.82. The number of amides is 1. The van der Waals surface area contributed by atoms with Crippen molar-refractivity contribution in [3.05, 3.63) is 89.5 Å². The number of carbonyl (C=O) groups excluding carboxylic acids is 1. The molecule has 0 aliphatic rings. The van der Waals surface area contributed by atoms with Crippen molar-refractivity contribution in [2.24, 2.45) is 5.10 Å². The molecule has 0 saturated heterocycles. The highest BCUT2D eigenvalue weighted by Crippen LogP contribution is 2.20. The van der Waals surface area contributed by atoms with Gasteiger partial charge in [-0.25, -0.2) is 22.6 Å². The second kappa shape index (κ2) is 10.0. The minimum Gasteiger partial charge on any atom is -0.494 e. The monoisotopic (exact) mass is 459 g/mol. The summed E-state index contributed by atoms with van der Waals surface area (Å²) in [4.78, 5) is 12.2. The van der Waals surface area contributed by atoms with Crippen molar-refractivity contribution in [1.29, 1.82) is 0 Å². The number of nitrogens with one attached hydrogen (secondary N) is 2. The van der Waals surface area contributed by atoms with E-state index in [4.69, 9.17) is 4.74 Å². The topological polar surface area (TPSA) is 96.9 Å². The van der Waals surface area contributed by atoms with Gasteiger partial charge in [0.2, 0.25) is 0 Å². The molecular formula is C22H19F2N3O4S. The lowest BCUT2D eigenvalue weighted by Gasteiger charge is -2.09. The Balaban J connectivity index is 1.61. The van der Waals surface area contributed by atoms with E-state index in [2.05, 4.69) is 15.2 Å². The van der Waals surface area contributed by atoms with Crippen molar-refractivity contribution in [3.63, 3.8) is 0 Å². The van der Waals surface area contributed by atoms with Crippen molar-refractivity contribution in [2.45, 2.75) is 11.8 Å². The Morgan fingerprint density at radius 3 is 2.31 bits per heavy atom. The average molecular weight is 459 g/mol. The van der Waals surface area contributed by atoms with E-state index >= 15 is 0 Å². The molecular weight excluding hydrogens is 440 g/mol. The Morgan fingerprint density at radius 1 is 1.00 bits per heavy atom.